The fraction of sp³-hybridized carbons (Fsp3) is 0.640. The number of halogens is 1. The summed E-state index contributed by atoms with van der Waals surface area (Å²) in [5, 5.41) is 9.46. The number of likely N-dealkylation sites (tertiary alicyclic amines) is 1. The lowest BCUT2D eigenvalue weighted by molar-refractivity contribution is -0.227. The second-order valence-electron chi connectivity index (χ2n) is 10.2. The van der Waals surface area contributed by atoms with E-state index in [9.17, 15) is 9.59 Å². The molecule has 1 atom stereocenters. The molecule has 1 saturated heterocycles. The summed E-state index contributed by atoms with van der Waals surface area (Å²) in [4.78, 5) is 27.8. The summed E-state index contributed by atoms with van der Waals surface area (Å²) in [5.41, 5.74) is -0.257. The molecule has 2 aliphatic rings. The number of amides is 1. The zero-order chi connectivity index (χ0) is 25.3. The Kier molecular flexibility index (Phi) is 7.81. The summed E-state index contributed by atoms with van der Waals surface area (Å²) in [6, 6.07) is 7.05. The largest absolute Gasteiger partial charge is 0.489 e. The third-order valence-corrected chi connectivity index (χ3v) is 7.39. The van der Waals surface area contributed by atoms with Gasteiger partial charge in [-0.2, -0.15) is 5.26 Å². The minimum atomic E-state index is -0.365. The molecule has 0 aromatic heterocycles. The minimum absolute atomic E-state index is 0.0556. The third kappa shape index (κ3) is 4.88. The molecule has 2 fully saturated rings. The van der Waals surface area contributed by atoms with Gasteiger partial charge in [-0.15, -0.1) is 0 Å². The molecule has 1 aliphatic carbocycles. The number of esters is 1. The van der Waals surface area contributed by atoms with Gasteiger partial charge >= 0.3 is 5.97 Å². The number of carbonyl (C=O) groups excluding carboxylic acids is 2. The lowest BCUT2D eigenvalue weighted by Gasteiger charge is -2.67. The summed E-state index contributed by atoms with van der Waals surface area (Å²) in [5.74, 6) is 0.236. The van der Waals surface area contributed by atoms with E-state index in [1.165, 1.54) is 0 Å². The van der Waals surface area contributed by atoms with Gasteiger partial charge in [0.2, 0.25) is 6.41 Å². The maximum atomic E-state index is 12.3. The molecule has 9 heteroatoms. The first kappa shape index (κ1) is 26.3. The van der Waals surface area contributed by atoms with Crippen LogP contribution in [0.4, 0.5) is 0 Å². The van der Waals surface area contributed by atoms with Crippen LogP contribution in [0.5, 0.6) is 5.75 Å². The van der Waals surface area contributed by atoms with E-state index in [1.807, 2.05) is 11.8 Å². The number of nitriles is 1. The number of hydrogen-bond donors (Lipinski definition) is 0. The normalized spacial score (nSPS) is 24.2. The lowest BCUT2D eigenvalue weighted by atomic mass is 9.48. The Bertz CT molecular complexity index is 938. The van der Waals surface area contributed by atoms with E-state index >= 15 is 0 Å². The molecule has 8 nitrogen and oxygen atoms in total. The number of ether oxygens (including phenoxy) is 3. The van der Waals surface area contributed by atoms with Gasteiger partial charge in [0.15, 0.2) is 0 Å². The topological polar surface area (TPSA) is 92.1 Å². The summed E-state index contributed by atoms with van der Waals surface area (Å²) in [6.07, 6.45) is 0.565. The van der Waals surface area contributed by atoms with Crippen LogP contribution in [0.15, 0.2) is 18.2 Å². The summed E-state index contributed by atoms with van der Waals surface area (Å²) < 4.78 is 16.8. The zero-order valence-corrected chi connectivity index (χ0v) is 21.5. The van der Waals surface area contributed by atoms with Crippen molar-refractivity contribution in [1.82, 2.24) is 9.80 Å². The maximum absolute atomic E-state index is 12.3. The van der Waals surface area contributed by atoms with E-state index in [4.69, 9.17) is 31.1 Å². The van der Waals surface area contributed by atoms with E-state index in [2.05, 4.69) is 38.7 Å². The van der Waals surface area contributed by atoms with E-state index in [0.29, 0.717) is 36.0 Å². The predicted octanol–water partition coefficient (Wildman–Crippen LogP) is 3.46. The Hall–Kier alpha value is -2.34. The SMILES string of the molecule is CCOC(=O)COC1CN(C(C)N(C=O)[C@H]2C(C)(C)[C@H](Oc3ccc(C#N)c(Cl)c3)C2(C)C)C1. The Morgan fingerprint density at radius 1 is 1.32 bits per heavy atom. The molecule has 0 N–H and O–H groups in total. The van der Waals surface area contributed by atoms with Gasteiger partial charge < -0.3 is 19.1 Å². The average molecular weight is 492 g/mol. The molecule has 186 valence electrons. The average Bonchev–Trinajstić information content (AvgIpc) is 2.74. The molecular formula is C25H34ClN3O5. The van der Waals surface area contributed by atoms with Gasteiger partial charge in [-0.3, -0.25) is 9.69 Å². The maximum Gasteiger partial charge on any atom is 0.332 e. The summed E-state index contributed by atoms with van der Waals surface area (Å²) in [6.45, 7) is 13.7. The highest BCUT2D eigenvalue weighted by Gasteiger charge is 2.66. The highest BCUT2D eigenvalue weighted by Crippen LogP contribution is 2.58. The monoisotopic (exact) mass is 491 g/mol. The molecular weight excluding hydrogens is 458 g/mol. The van der Waals surface area contributed by atoms with E-state index in [0.717, 1.165) is 6.41 Å². The van der Waals surface area contributed by atoms with Crippen molar-refractivity contribution in [3.63, 3.8) is 0 Å². The molecule has 0 bridgehead atoms. The molecule has 34 heavy (non-hydrogen) atoms. The van der Waals surface area contributed by atoms with Crippen LogP contribution in [0.2, 0.25) is 5.02 Å². The molecule has 1 saturated carbocycles. The van der Waals surface area contributed by atoms with Crippen molar-refractivity contribution in [2.45, 2.75) is 66.0 Å². The first-order valence-electron chi connectivity index (χ1n) is 11.6. The van der Waals surface area contributed by atoms with Crippen molar-refractivity contribution >= 4 is 24.0 Å². The van der Waals surface area contributed by atoms with Crippen molar-refractivity contribution in [2.75, 3.05) is 26.3 Å². The van der Waals surface area contributed by atoms with Crippen molar-refractivity contribution in [2.24, 2.45) is 10.8 Å². The molecule has 1 amide bonds. The van der Waals surface area contributed by atoms with Crippen LogP contribution in [-0.2, 0) is 19.1 Å². The molecule has 1 aliphatic heterocycles. The van der Waals surface area contributed by atoms with Gasteiger partial charge in [-0.1, -0.05) is 39.3 Å². The molecule has 1 unspecified atom stereocenters. The second-order valence-corrected chi connectivity index (χ2v) is 10.6. The Morgan fingerprint density at radius 3 is 2.50 bits per heavy atom. The quantitative estimate of drug-likeness (QED) is 0.365. The first-order valence-corrected chi connectivity index (χ1v) is 11.9. The first-order chi connectivity index (χ1) is 16.0. The summed E-state index contributed by atoms with van der Waals surface area (Å²) >= 11 is 6.19. The number of hydrogen-bond acceptors (Lipinski definition) is 7. The fourth-order valence-corrected chi connectivity index (χ4v) is 6.01. The van der Waals surface area contributed by atoms with Gasteiger partial charge in [0.05, 0.1) is 35.5 Å². The van der Waals surface area contributed by atoms with E-state index in [1.54, 1.807) is 25.1 Å². The van der Waals surface area contributed by atoms with Crippen molar-refractivity contribution in [1.29, 1.82) is 5.26 Å². The molecule has 1 aromatic carbocycles. The van der Waals surface area contributed by atoms with Crippen LogP contribution < -0.4 is 4.74 Å². The van der Waals surface area contributed by atoms with Crippen molar-refractivity contribution < 1.29 is 23.8 Å². The summed E-state index contributed by atoms with van der Waals surface area (Å²) in [7, 11) is 0. The Balaban J connectivity index is 1.64. The van der Waals surface area contributed by atoms with Crippen LogP contribution in [0, 0.1) is 22.2 Å². The number of carbonyl (C=O) groups is 2. The van der Waals surface area contributed by atoms with Crippen molar-refractivity contribution in [3.8, 4) is 11.8 Å². The van der Waals surface area contributed by atoms with Crippen LogP contribution in [-0.4, -0.2) is 72.9 Å². The van der Waals surface area contributed by atoms with Crippen LogP contribution in [0.3, 0.4) is 0 Å². The number of nitrogens with zero attached hydrogens (tertiary/aromatic N) is 3. The highest BCUT2D eigenvalue weighted by atomic mass is 35.5. The zero-order valence-electron chi connectivity index (χ0n) is 20.7. The Morgan fingerprint density at radius 2 is 1.97 bits per heavy atom. The van der Waals surface area contributed by atoms with Crippen molar-refractivity contribution in [3.05, 3.63) is 28.8 Å². The van der Waals surface area contributed by atoms with Crippen LogP contribution in [0.1, 0.15) is 47.1 Å². The van der Waals surface area contributed by atoms with Gasteiger partial charge in [0.25, 0.3) is 0 Å². The molecule has 0 spiro atoms. The van der Waals surface area contributed by atoms with E-state index in [-0.39, 0.29) is 47.8 Å². The predicted molar refractivity (Wildman–Crippen MR) is 127 cm³/mol. The smallest absolute Gasteiger partial charge is 0.332 e. The lowest BCUT2D eigenvalue weighted by Crippen LogP contribution is -2.77. The second kappa shape index (κ2) is 10.1. The molecule has 3 rings (SSSR count). The number of benzene rings is 1. The Labute approximate surface area is 206 Å². The highest BCUT2D eigenvalue weighted by molar-refractivity contribution is 6.31. The molecule has 1 aromatic rings. The van der Waals surface area contributed by atoms with Gasteiger partial charge in [0, 0.05) is 30.0 Å². The number of rotatable bonds is 10. The molecule has 0 radical (unpaired) electrons. The molecule has 1 heterocycles. The van der Waals surface area contributed by atoms with Gasteiger partial charge in [-0.05, 0) is 26.0 Å². The minimum Gasteiger partial charge on any atom is -0.489 e. The third-order valence-electron chi connectivity index (χ3n) is 7.07. The standard InChI is InChI=1S/C25H34ClN3O5/c1-7-32-21(31)14-33-19-12-28(13-19)16(2)29(15-30)22-24(3,4)23(25(22,5)6)34-18-9-8-17(11-27)20(26)10-18/h8-10,15-16,19,22-23H,7,12-14H2,1-6H3/t16?,22-,23-. The van der Waals surface area contributed by atoms with Crippen LogP contribution in [0.25, 0.3) is 0 Å². The van der Waals surface area contributed by atoms with Crippen LogP contribution >= 0.6 is 11.6 Å². The van der Waals surface area contributed by atoms with Gasteiger partial charge in [0.1, 0.15) is 24.5 Å². The van der Waals surface area contributed by atoms with Gasteiger partial charge in [-0.25, -0.2) is 4.79 Å². The van der Waals surface area contributed by atoms with E-state index < -0.39 is 0 Å². The fourth-order valence-electron chi connectivity index (χ4n) is 5.80.